The second kappa shape index (κ2) is 4.96. The van der Waals surface area contributed by atoms with E-state index in [1.54, 1.807) is 0 Å². The molecule has 1 aliphatic carbocycles. The number of nitrogens with zero attached hydrogens (tertiary/aromatic N) is 3. The Kier molecular flexibility index (Phi) is 3.75. The summed E-state index contributed by atoms with van der Waals surface area (Å²) in [5.74, 6) is 1.19. The van der Waals surface area contributed by atoms with Crippen molar-refractivity contribution in [2.75, 3.05) is 33.2 Å². The van der Waals surface area contributed by atoms with E-state index >= 15 is 0 Å². The highest BCUT2D eigenvalue weighted by Gasteiger charge is 2.46. The molecule has 1 saturated heterocycles. The second-order valence-electron chi connectivity index (χ2n) is 5.98. The van der Waals surface area contributed by atoms with Crippen LogP contribution in [0.1, 0.15) is 33.1 Å². The molecule has 0 aromatic rings. The first-order valence-electron chi connectivity index (χ1n) is 6.95. The summed E-state index contributed by atoms with van der Waals surface area (Å²) >= 11 is 0. The highest BCUT2D eigenvalue weighted by Crippen LogP contribution is 2.41. The average molecular weight is 235 g/mol. The third kappa shape index (κ3) is 2.21. The summed E-state index contributed by atoms with van der Waals surface area (Å²) < 4.78 is 0. The van der Waals surface area contributed by atoms with Gasteiger partial charge in [0, 0.05) is 26.2 Å². The van der Waals surface area contributed by atoms with Crippen LogP contribution in [0.2, 0.25) is 0 Å². The molecule has 3 unspecified atom stereocenters. The fraction of sp³-hybridized carbons (Fsp3) is 0.929. The van der Waals surface area contributed by atoms with Gasteiger partial charge in [-0.2, -0.15) is 5.26 Å². The zero-order valence-electron chi connectivity index (χ0n) is 11.4. The smallest absolute Gasteiger partial charge is 0.112 e. The molecule has 1 aliphatic heterocycles. The van der Waals surface area contributed by atoms with Crippen LogP contribution in [0, 0.1) is 23.2 Å². The Morgan fingerprint density at radius 2 is 1.82 bits per heavy atom. The Hall–Kier alpha value is -0.590. The van der Waals surface area contributed by atoms with E-state index in [-0.39, 0.29) is 5.54 Å². The van der Waals surface area contributed by atoms with E-state index in [0.29, 0.717) is 11.8 Å². The van der Waals surface area contributed by atoms with E-state index in [2.05, 4.69) is 36.8 Å². The molecule has 0 aromatic heterocycles. The van der Waals surface area contributed by atoms with Gasteiger partial charge in [-0.15, -0.1) is 0 Å². The summed E-state index contributed by atoms with van der Waals surface area (Å²) in [5, 5.41) is 9.74. The van der Waals surface area contributed by atoms with Gasteiger partial charge in [0.2, 0.25) is 0 Å². The first-order valence-corrected chi connectivity index (χ1v) is 6.95. The molecule has 2 aliphatic rings. The van der Waals surface area contributed by atoms with Gasteiger partial charge in [0.05, 0.1) is 6.07 Å². The summed E-state index contributed by atoms with van der Waals surface area (Å²) in [6.45, 7) is 8.91. The van der Waals surface area contributed by atoms with E-state index in [9.17, 15) is 5.26 Å². The minimum Gasteiger partial charge on any atom is -0.304 e. The summed E-state index contributed by atoms with van der Waals surface area (Å²) in [6, 6.07) is 2.69. The molecule has 17 heavy (non-hydrogen) atoms. The standard InChI is InChI=1S/C14H25N3/c1-12-5-4-6-14(11-15,13(12)2)17-9-7-16(3)8-10-17/h12-13H,4-10H2,1-3H3. The quantitative estimate of drug-likeness (QED) is 0.696. The van der Waals surface area contributed by atoms with E-state index in [1.807, 2.05) is 0 Å². The molecule has 0 N–H and O–H groups in total. The van der Waals surface area contributed by atoms with Crippen molar-refractivity contribution < 1.29 is 0 Å². The first kappa shape index (κ1) is 12.9. The van der Waals surface area contributed by atoms with Crippen LogP contribution >= 0.6 is 0 Å². The van der Waals surface area contributed by atoms with Gasteiger partial charge in [-0.3, -0.25) is 4.90 Å². The second-order valence-corrected chi connectivity index (χ2v) is 5.98. The van der Waals surface area contributed by atoms with Crippen molar-refractivity contribution in [3.05, 3.63) is 0 Å². The van der Waals surface area contributed by atoms with Gasteiger partial charge in [0.1, 0.15) is 5.54 Å². The van der Waals surface area contributed by atoms with Crippen LogP contribution in [-0.4, -0.2) is 48.6 Å². The number of hydrogen-bond donors (Lipinski definition) is 0. The Balaban J connectivity index is 2.16. The molecule has 0 spiro atoms. The predicted molar refractivity (Wildman–Crippen MR) is 69.6 cm³/mol. The van der Waals surface area contributed by atoms with Crippen LogP contribution in [0.4, 0.5) is 0 Å². The largest absolute Gasteiger partial charge is 0.304 e. The van der Waals surface area contributed by atoms with Gasteiger partial charge in [-0.25, -0.2) is 0 Å². The molecule has 3 atom stereocenters. The fourth-order valence-corrected chi connectivity index (χ4v) is 3.52. The highest BCUT2D eigenvalue weighted by molar-refractivity contribution is 5.14. The molecule has 0 bridgehead atoms. The molecule has 0 amide bonds. The Labute approximate surface area is 105 Å². The van der Waals surface area contributed by atoms with Crippen LogP contribution in [-0.2, 0) is 0 Å². The molecular weight excluding hydrogens is 210 g/mol. The van der Waals surface area contributed by atoms with Crippen LogP contribution in [0.15, 0.2) is 0 Å². The molecule has 1 heterocycles. The molecule has 3 nitrogen and oxygen atoms in total. The molecule has 0 radical (unpaired) electrons. The highest BCUT2D eigenvalue weighted by atomic mass is 15.3. The predicted octanol–water partition coefficient (Wildman–Crippen LogP) is 1.95. The lowest BCUT2D eigenvalue weighted by Crippen LogP contribution is -2.60. The van der Waals surface area contributed by atoms with Crippen molar-refractivity contribution in [1.82, 2.24) is 9.80 Å². The van der Waals surface area contributed by atoms with Gasteiger partial charge in [-0.1, -0.05) is 26.7 Å². The van der Waals surface area contributed by atoms with Crippen LogP contribution in [0.3, 0.4) is 0 Å². The van der Waals surface area contributed by atoms with Crippen molar-refractivity contribution in [2.24, 2.45) is 11.8 Å². The molecular formula is C14H25N3. The van der Waals surface area contributed by atoms with Crippen molar-refractivity contribution in [3.8, 4) is 6.07 Å². The van der Waals surface area contributed by atoms with E-state index in [1.165, 1.54) is 12.8 Å². The maximum Gasteiger partial charge on any atom is 0.112 e. The van der Waals surface area contributed by atoms with Gasteiger partial charge in [0.15, 0.2) is 0 Å². The van der Waals surface area contributed by atoms with Crippen LogP contribution < -0.4 is 0 Å². The maximum atomic E-state index is 9.74. The SMILES string of the molecule is CC1CCCC(C#N)(N2CCN(C)CC2)C1C. The minimum atomic E-state index is -0.182. The maximum absolute atomic E-state index is 9.74. The summed E-state index contributed by atoms with van der Waals surface area (Å²) in [4.78, 5) is 4.83. The van der Waals surface area contributed by atoms with E-state index in [4.69, 9.17) is 0 Å². The van der Waals surface area contributed by atoms with Gasteiger partial charge in [0.25, 0.3) is 0 Å². The van der Waals surface area contributed by atoms with E-state index in [0.717, 1.165) is 32.6 Å². The summed E-state index contributed by atoms with van der Waals surface area (Å²) in [7, 11) is 2.17. The van der Waals surface area contributed by atoms with Crippen molar-refractivity contribution >= 4 is 0 Å². The van der Waals surface area contributed by atoms with Crippen LogP contribution in [0.25, 0.3) is 0 Å². The number of likely N-dealkylation sites (N-methyl/N-ethyl adjacent to an activating group) is 1. The molecule has 1 saturated carbocycles. The van der Waals surface area contributed by atoms with Crippen LogP contribution in [0.5, 0.6) is 0 Å². The Bertz CT molecular complexity index is 301. The molecule has 2 rings (SSSR count). The van der Waals surface area contributed by atoms with E-state index < -0.39 is 0 Å². The lowest BCUT2D eigenvalue weighted by atomic mass is 9.68. The topological polar surface area (TPSA) is 30.3 Å². The average Bonchev–Trinajstić information content (AvgIpc) is 2.34. The number of nitriles is 1. The van der Waals surface area contributed by atoms with Crippen molar-refractivity contribution in [1.29, 1.82) is 5.26 Å². The molecule has 96 valence electrons. The van der Waals surface area contributed by atoms with Gasteiger partial charge in [-0.05, 0) is 25.3 Å². The Morgan fingerprint density at radius 1 is 1.18 bits per heavy atom. The molecule has 0 aromatic carbocycles. The number of rotatable bonds is 1. The summed E-state index contributed by atoms with van der Waals surface area (Å²) in [6.07, 6.45) is 3.57. The number of hydrogen-bond acceptors (Lipinski definition) is 3. The van der Waals surface area contributed by atoms with Crippen molar-refractivity contribution in [3.63, 3.8) is 0 Å². The Morgan fingerprint density at radius 3 is 2.41 bits per heavy atom. The first-order chi connectivity index (χ1) is 8.10. The normalized spacial score (nSPS) is 41.1. The molecule has 3 heteroatoms. The third-order valence-corrected chi connectivity index (χ3v) is 5.09. The lowest BCUT2D eigenvalue weighted by molar-refractivity contribution is -0.00190. The number of piperazine rings is 1. The third-order valence-electron chi connectivity index (χ3n) is 5.09. The zero-order valence-corrected chi connectivity index (χ0v) is 11.4. The zero-order chi connectivity index (χ0) is 12.5. The monoisotopic (exact) mass is 235 g/mol. The van der Waals surface area contributed by atoms with Crippen molar-refractivity contribution in [2.45, 2.75) is 38.6 Å². The minimum absolute atomic E-state index is 0.182. The van der Waals surface area contributed by atoms with Gasteiger partial charge >= 0.3 is 0 Å². The van der Waals surface area contributed by atoms with Gasteiger partial charge < -0.3 is 4.90 Å². The fourth-order valence-electron chi connectivity index (χ4n) is 3.52. The summed E-state index contributed by atoms with van der Waals surface area (Å²) in [5.41, 5.74) is -0.182. The lowest BCUT2D eigenvalue weighted by Gasteiger charge is -2.50. The molecule has 2 fully saturated rings.